The molecule has 0 amide bonds. The lowest BCUT2D eigenvalue weighted by atomic mass is 10.3. The third-order valence-electron chi connectivity index (χ3n) is 1.71. The Bertz CT molecular complexity index is 298. The molecule has 0 aliphatic carbocycles. The summed E-state index contributed by atoms with van der Waals surface area (Å²) in [4.78, 5) is 14.4. The van der Waals surface area contributed by atoms with Crippen LogP contribution in [-0.2, 0) is 4.74 Å². The second-order valence-corrected chi connectivity index (χ2v) is 3.47. The second-order valence-electron chi connectivity index (χ2n) is 2.76. The van der Waals surface area contributed by atoms with Gasteiger partial charge < -0.3 is 9.30 Å². The fourth-order valence-electron chi connectivity index (χ4n) is 1.08. The Hall–Kier alpha value is -0.680. The number of rotatable bonds is 4. The molecule has 0 aromatic carbocycles. The van der Waals surface area contributed by atoms with Crippen LogP contribution in [0.3, 0.4) is 0 Å². The van der Waals surface area contributed by atoms with Crippen molar-refractivity contribution in [2.45, 2.75) is 13.0 Å². The highest BCUT2D eigenvalue weighted by Crippen LogP contribution is 2.16. The van der Waals surface area contributed by atoms with Crippen LogP contribution in [0.25, 0.3) is 0 Å². The van der Waals surface area contributed by atoms with Gasteiger partial charge in [-0.3, -0.25) is 4.79 Å². The van der Waals surface area contributed by atoms with Crippen LogP contribution >= 0.6 is 15.9 Å². The van der Waals surface area contributed by atoms with E-state index in [2.05, 4.69) is 20.9 Å². The lowest BCUT2D eigenvalue weighted by Gasteiger charge is -2.12. The van der Waals surface area contributed by atoms with Gasteiger partial charge in [-0.05, 0) is 22.9 Å². The summed E-state index contributed by atoms with van der Waals surface area (Å²) in [6, 6.07) is 0.167. The smallest absolute Gasteiger partial charge is 0.178 e. The fourth-order valence-corrected chi connectivity index (χ4v) is 1.73. The molecule has 0 saturated heterocycles. The number of nitrogens with zero attached hydrogens (tertiary/aromatic N) is 2. The minimum absolute atomic E-state index is 0.167. The van der Waals surface area contributed by atoms with Gasteiger partial charge in [0.2, 0.25) is 0 Å². The predicted octanol–water partition coefficient (Wildman–Crippen LogP) is 1.67. The third kappa shape index (κ3) is 2.38. The molecule has 1 atom stereocenters. The molecule has 13 heavy (non-hydrogen) atoms. The molecule has 1 aromatic heterocycles. The Morgan fingerprint density at radius 3 is 3.00 bits per heavy atom. The maximum atomic E-state index is 10.4. The van der Waals surface area contributed by atoms with E-state index in [-0.39, 0.29) is 6.04 Å². The number of aromatic nitrogens is 2. The van der Waals surface area contributed by atoms with Crippen molar-refractivity contribution < 1.29 is 9.53 Å². The number of ether oxygens (including phenoxy) is 1. The van der Waals surface area contributed by atoms with Crippen LogP contribution in [0.4, 0.5) is 0 Å². The summed E-state index contributed by atoms with van der Waals surface area (Å²) in [5.41, 5.74) is 0.426. The predicted molar refractivity (Wildman–Crippen MR) is 51.9 cm³/mol. The Labute approximate surface area is 85.0 Å². The van der Waals surface area contributed by atoms with Gasteiger partial charge in [-0.25, -0.2) is 4.98 Å². The zero-order chi connectivity index (χ0) is 9.84. The summed E-state index contributed by atoms with van der Waals surface area (Å²) in [6.45, 7) is 2.58. The summed E-state index contributed by atoms with van der Waals surface area (Å²) in [7, 11) is 1.64. The average Bonchev–Trinajstić information content (AvgIpc) is 2.47. The number of halogens is 1. The molecule has 0 bridgehead atoms. The molecule has 0 saturated carbocycles. The monoisotopic (exact) mass is 246 g/mol. The van der Waals surface area contributed by atoms with Gasteiger partial charge in [-0.15, -0.1) is 0 Å². The quantitative estimate of drug-likeness (QED) is 0.760. The Kier molecular flexibility index (Phi) is 3.62. The molecule has 1 aromatic rings. The molecular weight excluding hydrogens is 236 g/mol. The topological polar surface area (TPSA) is 44.1 Å². The second kappa shape index (κ2) is 4.53. The van der Waals surface area contributed by atoms with Crippen molar-refractivity contribution in [3.63, 3.8) is 0 Å². The van der Waals surface area contributed by atoms with E-state index in [0.717, 1.165) is 6.29 Å². The van der Waals surface area contributed by atoms with Gasteiger partial charge in [0.25, 0.3) is 0 Å². The maximum absolute atomic E-state index is 10.4. The largest absolute Gasteiger partial charge is 0.383 e. The van der Waals surface area contributed by atoms with E-state index in [9.17, 15) is 4.79 Å². The van der Waals surface area contributed by atoms with Gasteiger partial charge in [0.05, 0.1) is 12.6 Å². The summed E-state index contributed by atoms with van der Waals surface area (Å²) in [6.07, 6.45) is 2.42. The number of methoxy groups -OCH3 is 1. The van der Waals surface area contributed by atoms with E-state index in [1.54, 1.807) is 13.3 Å². The normalized spacial score (nSPS) is 12.8. The van der Waals surface area contributed by atoms with Crippen LogP contribution in [0.2, 0.25) is 0 Å². The first kappa shape index (κ1) is 10.4. The Balaban J connectivity index is 2.86. The number of aldehydes is 1. The van der Waals surface area contributed by atoms with Crippen LogP contribution in [-0.4, -0.2) is 29.6 Å². The zero-order valence-electron chi connectivity index (χ0n) is 7.53. The molecule has 1 heterocycles. The number of carbonyl (C=O) groups excluding carboxylic acids is 1. The first-order valence-corrected chi connectivity index (χ1v) is 4.66. The molecule has 72 valence electrons. The highest BCUT2D eigenvalue weighted by molar-refractivity contribution is 9.10. The van der Waals surface area contributed by atoms with Crippen molar-refractivity contribution in [1.29, 1.82) is 0 Å². The maximum Gasteiger partial charge on any atom is 0.178 e. The lowest BCUT2D eigenvalue weighted by Crippen LogP contribution is -2.10. The summed E-state index contributed by atoms with van der Waals surface area (Å²) < 4.78 is 7.50. The first-order valence-electron chi connectivity index (χ1n) is 3.87. The molecule has 1 rings (SSSR count). The van der Waals surface area contributed by atoms with E-state index < -0.39 is 0 Å². The van der Waals surface area contributed by atoms with Crippen molar-refractivity contribution in [3.8, 4) is 0 Å². The van der Waals surface area contributed by atoms with Crippen molar-refractivity contribution in [1.82, 2.24) is 9.55 Å². The highest BCUT2D eigenvalue weighted by Gasteiger charge is 2.10. The van der Waals surface area contributed by atoms with Gasteiger partial charge in [-0.2, -0.15) is 0 Å². The molecule has 0 spiro atoms. The highest BCUT2D eigenvalue weighted by atomic mass is 79.9. The lowest BCUT2D eigenvalue weighted by molar-refractivity contribution is 0.111. The van der Waals surface area contributed by atoms with Crippen molar-refractivity contribution in [3.05, 3.63) is 16.6 Å². The number of carbonyl (C=O) groups is 1. The van der Waals surface area contributed by atoms with E-state index >= 15 is 0 Å². The van der Waals surface area contributed by atoms with E-state index in [0.29, 0.717) is 17.0 Å². The minimum Gasteiger partial charge on any atom is -0.383 e. The van der Waals surface area contributed by atoms with Crippen LogP contribution in [0.1, 0.15) is 23.5 Å². The van der Waals surface area contributed by atoms with Crippen molar-refractivity contribution in [2.24, 2.45) is 0 Å². The van der Waals surface area contributed by atoms with Crippen LogP contribution in [0.5, 0.6) is 0 Å². The zero-order valence-corrected chi connectivity index (χ0v) is 9.11. The van der Waals surface area contributed by atoms with Crippen LogP contribution < -0.4 is 0 Å². The molecule has 0 unspecified atom stereocenters. The van der Waals surface area contributed by atoms with Gasteiger partial charge in [-0.1, -0.05) is 0 Å². The molecule has 0 aliphatic heterocycles. The van der Waals surface area contributed by atoms with Gasteiger partial charge in [0.15, 0.2) is 11.0 Å². The van der Waals surface area contributed by atoms with Crippen molar-refractivity contribution >= 4 is 22.2 Å². The Morgan fingerprint density at radius 1 is 1.85 bits per heavy atom. The molecule has 0 aliphatic rings. The molecule has 0 N–H and O–H groups in total. The molecule has 0 fully saturated rings. The van der Waals surface area contributed by atoms with Gasteiger partial charge in [0.1, 0.15) is 5.69 Å². The SMILES string of the molecule is COC[C@H](C)n1cc(C=O)nc1Br. The van der Waals surface area contributed by atoms with Crippen molar-refractivity contribution in [2.75, 3.05) is 13.7 Å². The number of hydrogen-bond acceptors (Lipinski definition) is 3. The van der Waals surface area contributed by atoms with E-state index in [1.165, 1.54) is 0 Å². The Morgan fingerprint density at radius 2 is 2.54 bits per heavy atom. The molecule has 5 heteroatoms. The third-order valence-corrected chi connectivity index (χ3v) is 2.30. The fraction of sp³-hybridized carbons (Fsp3) is 0.500. The molecule has 0 radical (unpaired) electrons. The molecular formula is C8H11BrN2O2. The van der Waals surface area contributed by atoms with Gasteiger partial charge in [0, 0.05) is 13.3 Å². The average molecular weight is 247 g/mol. The van der Waals surface area contributed by atoms with Crippen LogP contribution in [0, 0.1) is 0 Å². The summed E-state index contributed by atoms with van der Waals surface area (Å²) in [5.74, 6) is 0. The number of imidazole rings is 1. The minimum atomic E-state index is 0.167. The van der Waals surface area contributed by atoms with E-state index in [1.807, 2.05) is 11.5 Å². The standard InChI is InChI=1S/C8H11BrN2O2/c1-6(5-13-2)11-3-7(4-12)10-8(11)9/h3-4,6H,5H2,1-2H3/t6-/m0/s1. The summed E-state index contributed by atoms with van der Waals surface area (Å²) >= 11 is 3.27. The number of hydrogen-bond donors (Lipinski definition) is 0. The van der Waals surface area contributed by atoms with Gasteiger partial charge >= 0.3 is 0 Å². The summed E-state index contributed by atoms with van der Waals surface area (Å²) in [5, 5.41) is 0. The molecule has 4 nitrogen and oxygen atoms in total. The first-order chi connectivity index (χ1) is 6.19. The van der Waals surface area contributed by atoms with Crippen LogP contribution in [0.15, 0.2) is 10.9 Å². The van der Waals surface area contributed by atoms with E-state index in [4.69, 9.17) is 4.74 Å².